The zero-order chi connectivity index (χ0) is 18.1. The summed E-state index contributed by atoms with van der Waals surface area (Å²) in [5.41, 5.74) is -1.43. The minimum atomic E-state index is -3.79. The summed E-state index contributed by atoms with van der Waals surface area (Å²) in [7, 11) is -1.10. The highest BCUT2D eigenvalue weighted by Gasteiger charge is 2.29. The highest BCUT2D eigenvalue weighted by molar-refractivity contribution is 7.89. The normalized spacial score (nSPS) is 12.4. The van der Waals surface area contributed by atoms with E-state index in [1.807, 2.05) is 0 Å². The van der Waals surface area contributed by atoms with Gasteiger partial charge in [0.1, 0.15) is 5.82 Å². The molecule has 1 heterocycles. The van der Waals surface area contributed by atoms with Crippen LogP contribution in [0.25, 0.3) is 0 Å². The zero-order valence-corrected chi connectivity index (χ0v) is 14.4. The number of nitrogens with one attached hydrogen (secondary N) is 1. The Morgan fingerprint density at radius 3 is 2.54 bits per heavy atom. The standard InChI is InChI=1S/C14H17FN4O4S/c1-14(2,13-16-8-23-18-13)17-12(20)10-7-9(5-6-11(10)15)24(21,22)19(3)4/h5-8H,1-4H3,(H,17,20). The van der Waals surface area contributed by atoms with Gasteiger partial charge in [0.2, 0.25) is 16.4 Å². The number of halogens is 1. The van der Waals surface area contributed by atoms with Gasteiger partial charge in [0, 0.05) is 14.1 Å². The molecule has 10 heteroatoms. The van der Waals surface area contributed by atoms with Crippen molar-refractivity contribution in [3.05, 3.63) is 41.8 Å². The molecule has 0 saturated heterocycles. The summed E-state index contributed by atoms with van der Waals surface area (Å²) >= 11 is 0. The van der Waals surface area contributed by atoms with Crippen molar-refractivity contribution in [1.29, 1.82) is 0 Å². The maximum Gasteiger partial charge on any atom is 0.255 e. The van der Waals surface area contributed by atoms with Gasteiger partial charge in [0.05, 0.1) is 16.0 Å². The van der Waals surface area contributed by atoms with Gasteiger partial charge >= 0.3 is 0 Å². The van der Waals surface area contributed by atoms with Gasteiger partial charge < -0.3 is 9.84 Å². The predicted octanol–water partition coefficient (Wildman–Crippen LogP) is 1.12. The molecular formula is C14H17FN4O4S. The average molecular weight is 356 g/mol. The smallest absolute Gasteiger partial charge is 0.255 e. The molecule has 24 heavy (non-hydrogen) atoms. The molecule has 0 bridgehead atoms. The lowest BCUT2D eigenvalue weighted by Gasteiger charge is -2.22. The molecule has 1 aromatic carbocycles. The Bertz CT molecular complexity index is 848. The highest BCUT2D eigenvalue weighted by Crippen LogP contribution is 2.20. The first-order valence-electron chi connectivity index (χ1n) is 6.87. The maximum absolute atomic E-state index is 14.0. The van der Waals surface area contributed by atoms with Crippen molar-refractivity contribution >= 4 is 15.9 Å². The van der Waals surface area contributed by atoms with E-state index < -0.39 is 32.9 Å². The molecule has 0 unspecified atom stereocenters. The molecular weight excluding hydrogens is 339 g/mol. The van der Waals surface area contributed by atoms with Gasteiger partial charge in [0.25, 0.3) is 5.91 Å². The van der Waals surface area contributed by atoms with E-state index in [1.54, 1.807) is 13.8 Å². The van der Waals surface area contributed by atoms with Crippen LogP contribution in [0.5, 0.6) is 0 Å². The van der Waals surface area contributed by atoms with Crippen LogP contribution in [-0.2, 0) is 15.6 Å². The second kappa shape index (κ2) is 6.29. The van der Waals surface area contributed by atoms with E-state index in [0.717, 1.165) is 28.9 Å². The number of amides is 1. The molecule has 0 spiro atoms. The largest absolute Gasteiger partial charge is 0.343 e. The second-order valence-corrected chi connectivity index (χ2v) is 7.91. The van der Waals surface area contributed by atoms with Gasteiger partial charge in [-0.2, -0.15) is 4.98 Å². The number of benzene rings is 1. The van der Waals surface area contributed by atoms with E-state index in [4.69, 9.17) is 0 Å². The van der Waals surface area contributed by atoms with Crippen LogP contribution in [0.1, 0.15) is 30.0 Å². The molecule has 0 aliphatic heterocycles. The van der Waals surface area contributed by atoms with Gasteiger partial charge in [-0.15, -0.1) is 0 Å². The van der Waals surface area contributed by atoms with Gasteiger partial charge in [-0.3, -0.25) is 4.79 Å². The summed E-state index contributed by atoms with van der Waals surface area (Å²) in [5.74, 6) is -1.43. The molecule has 1 amide bonds. The van der Waals surface area contributed by atoms with Gasteiger partial charge in [0.15, 0.2) is 5.82 Å². The Kier molecular flexibility index (Phi) is 4.72. The van der Waals surface area contributed by atoms with Gasteiger partial charge in [-0.05, 0) is 32.0 Å². The van der Waals surface area contributed by atoms with Crippen molar-refractivity contribution < 1.29 is 22.1 Å². The summed E-state index contributed by atoms with van der Waals surface area (Å²) < 4.78 is 43.9. The number of carbonyl (C=O) groups excluding carboxylic acids is 1. The quantitative estimate of drug-likeness (QED) is 0.861. The lowest BCUT2D eigenvalue weighted by molar-refractivity contribution is 0.0903. The zero-order valence-electron chi connectivity index (χ0n) is 13.6. The van der Waals surface area contributed by atoms with Crippen molar-refractivity contribution in [2.24, 2.45) is 0 Å². The van der Waals surface area contributed by atoms with Crippen molar-refractivity contribution in [3.63, 3.8) is 0 Å². The first-order chi connectivity index (χ1) is 11.1. The minimum Gasteiger partial charge on any atom is -0.343 e. The molecule has 0 radical (unpaired) electrons. The molecule has 8 nitrogen and oxygen atoms in total. The third-order valence-corrected chi connectivity index (χ3v) is 5.12. The SMILES string of the molecule is CN(C)S(=O)(=O)c1ccc(F)c(C(=O)NC(C)(C)c2ncon2)c1. The van der Waals surface area contributed by atoms with Crippen molar-refractivity contribution in [3.8, 4) is 0 Å². The van der Waals surface area contributed by atoms with Gasteiger partial charge in [-0.25, -0.2) is 17.1 Å². The fourth-order valence-electron chi connectivity index (χ4n) is 1.90. The average Bonchev–Trinajstić information content (AvgIpc) is 3.01. The summed E-state index contributed by atoms with van der Waals surface area (Å²) in [5, 5.41) is 6.19. The molecule has 2 rings (SSSR count). The number of carbonyl (C=O) groups is 1. The molecule has 0 atom stereocenters. The molecule has 2 aromatic rings. The Labute approximate surface area is 138 Å². The third-order valence-electron chi connectivity index (χ3n) is 3.31. The molecule has 130 valence electrons. The van der Waals surface area contributed by atoms with E-state index in [9.17, 15) is 17.6 Å². The second-order valence-electron chi connectivity index (χ2n) is 5.76. The molecule has 0 aliphatic carbocycles. The first-order valence-corrected chi connectivity index (χ1v) is 8.31. The van der Waals surface area contributed by atoms with Crippen LogP contribution in [0.4, 0.5) is 4.39 Å². The first kappa shape index (κ1) is 18.0. The fraction of sp³-hybridized carbons (Fsp3) is 0.357. The lowest BCUT2D eigenvalue weighted by atomic mass is 10.0. The van der Waals surface area contributed by atoms with Crippen LogP contribution in [0.3, 0.4) is 0 Å². The molecule has 0 fully saturated rings. The monoisotopic (exact) mass is 356 g/mol. The third kappa shape index (κ3) is 3.44. The van der Waals surface area contributed by atoms with Crippen LogP contribution in [0.15, 0.2) is 34.0 Å². The lowest BCUT2D eigenvalue weighted by Crippen LogP contribution is -2.42. The Morgan fingerprint density at radius 2 is 2.00 bits per heavy atom. The number of rotatable bonds is 5. The molecule has 1 N–H and O–H groups in total. The Hall–Kier alpha value is -2.33. The van der Waals surface area contributed by atoms with E-state index in [0.29, 0.717) is 0 Å². The van der Waals surface area contributed by atoms with E-state index in [-0.39, 0.29) is 10.7 Å². The van der Waals surface area contributed by atoms with Gasteiger partial charge in [-0.1, -0.05) is 5.16 Å². The Morgan fingerprint density at radius 1 is 1.33 bits per heavy atom. The predicted molar refractivity (Wildman–Crippen MR) is 82.1 cm³/mol. The maximum atomic E-state index is 14.0. The summed E-state index contributed by atoms with van der Waals surface area (Å²) in [6.45, 7) is 3.21. The minimum absolute atomic E-state index is 0.184. The van der Waals surface area contributed by atoms with E-state index >= 15 is 0 Å². The number of sulfonamides is 1. The highest BCUT2D eigenvalue weighted by atomic mass is 32.2. The van der Waals surface area contributed by atoms with Crippen LogP contribution in [0.2, 0.25) is 0 Å². The van der Waals surface area contributed by atoms with E-state index in [1.165, 1.54) is 14.1 Å². The van der Waals surface area contributed by atoms with Crippen molar-refractivity contribution in [1.82, 2.24) is 19.8 Å². The van der Waals surface area contributed by atoms with Crippen LogP contribution >= 0.6 is 0 Å². The fourth-order valence-corrected chi connectivity index (χ4v) is 2.83. The molecule has 1 aromatic heterocycles. The van der Waals surface area contributed by atoms with Crippen LogP contribution < -0.4 is 5.32 Å². The van der Waals surface area contributed by atoms with Crippen molar-refractivity contribution in [2.75, 3.05) is 14.1 Å². The summed E-state index contributed by atoms with van der Waals surface area (Å²) in [4.78, 5) is 16.0. The summed E-state index contributed by atoms with van der Waals surface area (Å²) in [6.07, 6.45) is 1.11. The number of aromatic nitrogens is 2. The van der Waals surface area contributed by atoms with Crippen LogP contribution in [0, 0.1) is 5.82 Å². The number of hydrogen-bond acceptors (Lipinski definition) is 6. The number of hydrogen-bond donors (Lipinski definition) is 1. The van der Waals surface area contributed by atoms with E-state index in [2.05, 4.69) is 20.0 Å². The Balaban J connectivity index is 2.37. The topological polar surface area (TPSA) is 105 Å². The van der Waals surface area contributed by atoms with Crippen molar-refractivity contribution in [2.45, 2.75) is 24.3 Å². The van der Waals surface area contributed by atoms with Crippen LogP contribution in [-0.4, -0.2) is 42.9 Å². The summed E-state index contributed by atoms with van der Waals surface area (Å²) in [6, 6.07) is 3.03. The molecule has 0 saturated carbocycles. The molecule has 0 aliphatic rings. The number of nitrogens with zero attached hydrogens (tertiary/aromatic N) is 3.